The van der Waals surface area contributed by atoms with Crippen LogP contribution in [-0.2, 0) is 16.0 Å². The number of carbonyl (C=O) groups excluding carboxylic acids is 1. The van der Waals surface area contributed by atoms with Gasteiger partial charge < -0.3 is 9.26 Å². The smallest absolute Gasteiger partial charge is 0.312 e. The van der Waals surface area contributed by atoms with Crippen LogP contribution in [0.25, 0.3) is 11.0 Å². The van der Waals surface area contributed by atoms with E-state index in [4.69, 9.17) is 9.26 Å². The Bertz CT molecular complexity index is 516. The molecular formula is C12H13NO3. The van der Waals surface area contributed by atoms with Gasteiger partial charge in [-0.05, 0) is 26.0 Å². The number of rotatable bonds is 3. The fraction of sp³-hybridized carbons (Fsp3) is 0.333. The number of aryl methyl sites for hydroxylation is 1. The van der Waals surface area contributed by atoms with E-state index in [9.17, 15) is 4.79 Å². The molecule has 84 valence electrons. The lowest BCUT2D eigenvalue weighted by atomic mass is 10.1. The van der Waals surface area contributed by atoms with Crippen LogP contribution >= 0.6 is 0 Å². The summed E-state index contributed by atoms with van der Waals surface area (Å²) >= 11 is 0. The molecule has 1 aromatic carbocycles. The molecule has 0 saturated carbocycles. The number of esters is 1. The Morgan fingerprint density at radius 1 is 1.50 bits per heavy atom. The van der Waals surface area contributed by atoms with E-state index in [0.717, 1.165) is 10.9 Å². The number of aromatic nitrogens is 1. The minimum Gasteiger partial charge on any atom is -0.466 e. The SMILES string of the molecule is CCOC(=O)Cc1noc2ccc(C)cc12. The molecule has 0 aliphatic heterocycles. The maximum Gasteiger partial charge on any atom is 0.312 e. The zero-order valence-corrected chi connectivity index (χ0v) is 9.32. The molecule has 0 N–H and O–H groups in total. The van der Waals surface area contributed by atoms with E-state index in [0.29, 0.717) is 17.9 Å². The van der Waals surface area contributed by atoms with Crippen LogP contribution < -0.4 is 0 Å². The topological polar surface area (TPSA) is 52.3 Å². The van der Waals surface area contributed by atoms with Crippen molar-refractivity contribution in [3.8, 4) is 0 Å². The van der Waals surface area contributed by atoms with Crippen molar-refractivity contribution in [1.29, 1.82) is 0 Å². The molecule has 1 heterocycles. The van der Waals surface area contributed by atoms with Gasteiger partial charge in [0.25, 0.3) is 0 Å². The highest BCUT2D eigenvalue weighted by Gasteiger charge is 2.12. The Morgan fingerprint density at radius 2 is 2.31 bits per heavy atom. The summed E-state index contributed by atoms with van der Waals surface area (Å²) in [6, 6.07) is 5.76. The van der Waals surface area contributed by atoms with Crippen LogP contribution in [0.5, 0.6) is 0 Å². The third kappa shape index (κ3) is 2.05. The predicted octanol–water partition coefficient (Wildman–Crippen LogP) is 2.24. The number of benzene rings is 1. The first-order valence-corrected chi connectivity index (χ1v) is 5.21. The average Bonchev–Trinajstić information content (AvgIpc) is 2.61. The Morgan fingerprint density at radius 3 is 3.06 bits per heavy atom. The number of nitrogens with zero attached hydrogens (tertiary/aromatic N) is 1. The highest BCUT2D eigenvalue weighted by atomic mass is 16.5. The second kappa shape index (κ2) is 4.35. The van der Waals surface area contributed by atoms with Crippen molar-refractivity contribution < 1.29 is 14.1 Å². The van der Waals surface area contributed by atoms with Crippen molar-refractivity contribution in [2.24, 2.45) is 0 Å². The van der Waals surface area contributed by atoms with E-state index in [1.54, 1.807) is 6.92 Å². The number of ether oxygens (including phenoxy) is 1. The summed E-state index contributed by atoms with van der Waals surface area (Å²) in [7, 11) is 0. The van der Waals surface area contributed by atoms with Gasteiger partial charge in [-0.1, -0.05) is 16.8 Å². The van der Waals surface area contributed by atoms with Gasteiger partial charge in [0.1, 0.15) is 5.69 Å². The summed E-state index contributed by atoms with van der Waals surface area (Å²) in [6.45, 7) is 4.15. The Kier molecular flexibility index (Phi) is 2.90. The normalized spacial score (nSPS) is 10.6. The lowest BCUT2D eigenvalue weighted by Gasteiger charge is -1.98. The van der Waals surface area contributed by atoms with E-state index in [1.165, 1.54) is 0 Å². The zero-order valence-electron chi connectivity index (χ0n) is 9.32. The summed E-state index contributed by atoms with van der Waals surface area (Å²) in [5.41, 5.74) is 2.45. The second-order valence-corrected chi connectivity index (χ2v) is 3.61. The van der Waals surface area contributed by atoms with Gasteiger partial charge in [-0.3, -0.25) is 4.79 Å². The van der Waals surface area contributed by atoms with Crippen LogP contribution in [0.15, 0.2) is 22.7 Å². The summed E-state index contributed by atoms with van der Waals surface area (Å²) in [4.78, 5) is 11.3. The Hall–Kier alpha value is -1.84. The molecule has 4 heteroatoms. The van der Waals surface area contributed by atoms with Gasteiger partial charge in [0.05, 0.1) is 13.0 Å². The fourth-order valence-electron chi connectivity index (χ4n) is 1.58. The van der Waals surface area contributed by atoms with Gasteiger partial charge in [-0.2, -0.15) is 0 Å². The highest BCUT2D eigenvalue weighted by molar-refractivity contribution is 5.84. The molecule has 0 aliphatic carbocycles. The highest BCUT2D eigenvalue weighted by Crippen LogP contribution is 2.20. The molecule has 16 heavy (non-hydrogen) atoms. The predicted molar refractivity (Wildman–Crippen MR) is 59.1 cm³/mol. The molecule has 0 radical (unpaired) electrons. The molecule has 0 amide bonds. The molecule has 0 fully saturated rings. The van der Waals surface area contributed by atoms with Crippen molar-refractivity contribution in [2.45, 2.75) is 20.3 Å². The minimum atomic E-state index is -0.279. The van der Waals surface area contributed by atoms with Crippen LogP contribution in [-0.4, -0.2) is 17.7 Å². The lowest BCUT2D eigenvalue weighted by Crippen LogP contribution is -2.07. The maximum absolute atomic E-state index is 11.3. The molecule has 0 atom stereocenters. The van der Waals surface area contributed by atoms with Gasteiger partial charge in [-0.15, -0.1) is 0 Å². The van der Waals surface area contributed by atoms with E-state index in [1.807, 2.05) is 25.1 Å². The number of hydrogen-bond donors (Lipinski definition) is 0. The van der Waals surface area contributed by atoms with Gasteiger partial charge in [0.2, 0.25) is 0 Å². The van der Waals surface area contributed by atoms with Gasteiger partial charge >= 0.3 is 5.97 Å². The van der Waals surface area contributed by atoms with Gasteiger partial charge in [0, 0.05) is 5.39 Å². The van der Waals surface area contributed by atoms with Crippen molar-refractivity contribution in [3.63, 3.8) is 0 Å². The van der Waals surface area contributed by atoms with E-state index >= 15 is 0 Å². The molecule has 0 unspecified atom stereocenters. The third-order valence-electron chi connectivity index (χ3n) is 2.32. The zero-order chi connectivity index (χ0) is 11.5. The summed E-state index contributed by atoms with van der Waals surface area (Å²) < 4.78 is 10.00. The molecule has 4 nitrogen and oxygen atoms in total. The van der Waals surface area contributed by atoms with Crippen molar-refractivity contribution in [3.05, 3.63) is 29.5 Å². The monoisotopic (exact) mass is 219 g/mol. The molecule has 0 aliphatic rings. The number of carbonyl (C=O) groups is 1. The summed E-state index contributed by atoms with van der Waals surface area (Å²) in [6.07, 6.45) is 0.157. The molecule has 1 aromatic heterocycles. The average molecular weight is 219 g/mol. The molecule has 0 bridgehead atoms. The van der Waals surface area contributed by atoms with E-state index in [-0.39, 0.29) is 12.4 Å². The van der Waals surface area contributed by atoms with E-state index in [2.05, 4.69) is 5.16 Å². The molecular weight excluding hydrogens is 206 g/mol. The largest absolute Gasteiger partial charge is 0.466 e. The van der Waals surface area contributed by atoms with Crippen molar-refractivity contribution in [1.82, 2.24) is 5.16 Å². The first-order chi connectivity index (χ1) is 7.70. The van der Waals surface area contributed by atoms with Crippen LogP contribution in [0.3, 0.4) is 0 Å². The van der Waals surface area contributed by atoms with Crippen LogP contribution in [0.2, 0.25) is 0 Å². The van der Waals surface area contributed by atoms with Gasteiger partial charge in [-0.25, -0.2) is 0 Å². The second-order valence-electron chi connectivity index (χ2n) is 3.61. The van der Waals surface area contributed by atoms with Crippen LogP contribution in [0.1, 0.15) is 18.2 Å². The number of fused-ring (bicyclic) bond motifs is 1. The number of hydrogen-bond acceptors (Lipinski definition) is 4. The van der Waals surface area contributed by atoms with Crippen molar-refractivity contribution >= 4 is 16.9 Å². The lowest BCUT2D eigenvalue weighted by molar-refractivity contribution is -0.142. The van der Waals surface area contributed by atoms with Gasteiger partial charge in [0.15, 0.2) is 5.58 Å². The first kappa shape index (κ1) is 10.7. The molecule has 0 spiro atoms. The molecule has 2 aromatic rings. The standard InChI is InChI=1S/C12H13NO3/c1-3-15-12(14)7-10-9-6-8(2)4-5-11(9)16-13-10/h4-6H,3,7H2,1-2H3. The molecule has 0 saturated heterocycles. The minimum absolute atomic E-state index is 0.157. The van der Waals surface area contributed by atoms with Crippen molar-refractivity contribution in [2.75, 3.05) is 6.61 Å². The summed E-state index contributed by atoms with van der Waals surface area (Å²) in [5, 5.41) is 4.77. The third-order valence-corrected chi connectivity index (χ3v) is 2.32. The maximum atomic E-state index is 11.3. The Balaban J connectivity index is 2.30. The Labute approximate surface area is 93.2 Å². The first-order valence-electron chi connectivity index (χ1n) is 5.21. The van der Waals surface area contributed by atoms with E-state index < -0.39 is 0 Å². The van der Waals surface area contributed by atoms with Crippen LogP contribution in [0, 0.1) is 6.92 Å². The quantitative estimate of drug-likeness (QED) is 0.743. The molecule has 2 rings (SSSR count). The summed E-state index contributed by atoms with van der Waals surface area (Å²) in [5.74, 6) is -0.279. The van der Waals surface area contributed by atoms with Crippen LogP contribution in [0.4, 0.5) is 0 Å². The fourth-order valence-corrected chi connectivity index (χ4v) is 1.58.